The fourth-order valence-electron chi connectivity index (χ4n) is 3.43. The van der Waals surface area contributed by atoms with E-state index in [1.807, 2.05) is 13.8 Å². The van der Waals surface area contributed by atoms with Gasteiger partial charge in [0.2, 0.25) is 0 Å². The maximum Gasteiger partial charge on any atom is 0.309 e. The van der Waals surface area contributed by atoms with Gasteiger partial charge in [-0.2, -0.15) is 0 Å². The molecule has 1 aromatic rings. The number of carbonyl (C=O) groups excluding carboxylic acids is 3. The third-order valence-corrected chi connectivity index (χ3v) is 5.10. The summed E-state index contributed by atoms with van der Waals surface area (Å²) in [7, 11) is 1.41. The number of amides is 2. The number of hydrogen-bond acceptors (Lipinski definition) is 4. The van der Waals surface area contributed by atoms with Gasteiger partial charge < -0.3 is 19.9 Å². The van der Waals surface area contributed by atoms with E-state index in [2.05, 4.69) is 5.32 Å². The van der Waals surface area contributed by atoms with Crippen LogP contribution < -0.4 is 10.2 Å². The van der Waals surface area contributed by atoms with Gasteiger partial charge in [0, 0.05) is 37.2 Å². The Morgan fingerprint density at radius 1 is 1.11 bits per heavy atom. The van der Waals surface area contributed by atoms with Gasteiger partial charge in [-0.1, -0.05) is 0 Å². The quantitative estimate of drug-likeness (QED) is 0.682. The smallest absolute Gasteiger partial charge is 0.309 e. The number of nitrogens with zero attached hydrogens (tertiary/aromatic N) is 1. The van der Waals surface area contributed by atoms with Crippen LogP contribution in [0.5, 0.6) is 0 Å². The lowest BCUT2D eigenvalue weighted by atomic mass is 9.97. The second-order valence-corrected chi connectivity index (χ2v) is 6.83. The van der Waals surface area contributed by atoms with E-state index in [0.29, 0.717) is 30.9 Å². The molecule has 7 heteroatoms. The Balaban J connectivity index is 1.82. The van der Waals surface area contributed by atoms with Gasteiger partial charge in [-0.25, -0.2) is 0 Å². The summed E-state index contributed by atoms with van der Waals surface area (Å²) in [6, 6.07) is 7.00. The minimum Gasteiger partial charge on any atom is -0.469 e. The predicted octanol–water partition coefficient (Wildman–Crippen LogP) is 0.575. The van der Waals surface area contributed by atoms with Crippen LogP contribution in [0, 0.1) is 5.92 Å². The molecule has 0 saturated carbocycles. The molecule has 2 amide bonds. The summed E-state index contributed by atoms with van der Waals surface area (Å²) in [5.41, 5.74) is 1.30. The molecule has 1 fully saturated rings. The van der Waals surface area contributed by atoms with Gasteiger partial charge >= 0.3 is 5.97 Å². The van der Waals surface area contributed by atoms with E-state index in [9.17, 15) is 14.4 Å². The van der Waals surface area contributed by atoms with Crippen molar-refractivity contribution in [1.82, 2.24) is 4.90 Å². The van der Waals surface area contributed by atoms with Crippen LogP contribution in [0.25, 0.3) is 0 Å². The number of hydrogen-bond donors (Lipinski definition) is 2. The Labute approximate surface area is 160 Å². The average Bonchev–Trinajstić information content (AvgIpc) is 2.69. The molecule has 1 heterocycles. The van der Waals surface area contributed by atoms with Gasteiger partial charge in [-0.3, -0.25) is 14.4 Å². The molecular weight excluding hydrogens is 346 g/mol. The zero-order valence-corrected chi connectivity index (χ0v) is 16.4. The van der Waals surface area contributed by atoms with Crippen LogP contribution in [0.4, 0.5) is 5.69 Å². The van der Waals surface area contributed by atoms with E-state index < -0.39 is 0 Å². The van der Waals surface area contributed by atoms with Crippen molar-refractivity contribution in [3.05, 3.63) is 29.8 Å². The van der Waals surface area contributed by atoms with Gasteiger partial charge in [0.1, 0.15) is 0 Å². The molecule has 27 heavy (non-hydrogen) atoms. The van der Waals surface area contributed by atoms with Crippen LogP contribution in [0.1, 0.15) is 37.0 Å². The first-order chi connectivity index (χ1) is 13.0. The van der Waals surface area contributed by atoms with Crippen molar-refractivity contribution in [2.24, 2.45) is 5.92 Å². The Hall–Kier alpha value is -2.41. The van der Waals surface area contributed by atoms with E-state index in [-0.39, 0.29) is 23.7 Å². The second-order valence-electron chi connectivity index (χ2n) is 6.83. The van der Waals surface area contributed by atoms with E-state index >= 15 is 0 Å². The molecule has 1 aromatic carbocycles. The van der Waals surface area contributed by atoms with E-state index in [4.69, 9.17) is 4.74 Å². The molecule has 0 spiro atoms. The van der Waals surface area contributed by atoms with Crippen LogP contribution >= 0.6 is 0 Å². The Bertz CT molecular complexity index is 648. The molecule has 1 aliphatic rings. The summed E-state index contributed by atoms with van der Waals surface area (Å²) in [6.07, 6.45) is 1.49. The number of rotatable bonds is 7. The molecule has 148 valence electrons. The van der Waals surface area contributed by atoms with Crippen molar-refractivity contribution in [3.8, 4) is 0 Å². The second kappa shape index (κ2) is 10.1. The average molecular weight is 376 g/mol. The number of carbonyl (C=O) groups is 3. The molecule has 2 N–H and O–H groups in total. The number of anilines is 1. The Kier molecular flexibility index (Phi) is 7.79. The zero-order chi connectivity index (χ0) is 19.8. The van der Waals surface area contributed by atoms with Crippen LogP contribution in [0.2, 0.25) is 0 Å². The molecule has 1 saturated heterocycles. The zero-order valence-electron chi connectivity index (χ0n) is 16.4. The minimum absolute atomic E-state index is 0.00389. The third-order valence-electron chi connectivity index (χ3n) is 5.10. The SMILES string of the molecule is CCN(CC)C(=O)c1ccc(NC(=O)C[NH+]2CCC(C(=O)OC)CC2)cc1. The minimum atomic E-state index is -0.155. The number of quaternary nitrogens is 1. The van der Waals surface area contributed by atoms with Gasteiger partial charge in [0.15, 0.2) is 6.54 Å². The number of esters is 1. The summed E-state index contributed by atoms with van der Waals surface area (Å²) in [6.45, 7) is 7.17. The van der Waals surface area contributed by atoms with Crippen molar-refractivity contribution in [2.45, 2.75) is 26.7 Å². The van der Waals surface area contributed by atoms with Gasteiger partial charge in [-0.05, 0) is 38.1 Å². The highest BCUT2D eigenvalue weighted by Gasteiger charge is 2.29. The van der Waals surface area contributed by atoms with Crippen molar-refractivity contribution in [1.29, 1.82) is 0 Å². The van der Waals surface area contributed by atoms with Crippen molar-refractivity contribution in [3.63, 3.8) is 0 Å². The largest absolute Gasteiger partial charge is 0.469 e. The number of likely N-dealkylation sites (tertiary alicyclic amines) is 1. The summed E-state index contributed by atoms with van der Waals surface area (Å²) >= 11 is 0. The fourth-order valence-corrected chi connectivity index (χ4v) is 3.43. The summed E-state index contributed by atoms with van der Waals surface area (Å²) in [4.78, 5) is 39.1. The fraction of sp³-hybridized carbons (Fsp3) is 0.550. The monoisotopic (exact) mass is 376 g/mol. The van der Waals surface area contributed by atoms with E-state index in [0.717, 1.165) is 25.9 Å². The maximum atomic E-state index is 12.3. The topological polar surface area (TPSA) is 80.2 Å². The van der Waals surface area contributed by atoms with Crippen LogP contribution in [-0.4, -0.2) is 62.5 Å². The highest BCUT2D eigenvalue weighted by atomic mass is 16.5. The number of nitrogens with one attached hydrogen (secondary N) is 2. The molecule has 0 aromatic heterocycles. The third kappa shape index (κ3) is 5.79. The van der Waals surface area contributed by atoms with Crippen molar-refractivity contribution >= 4 is 23.5 Å². The summed E-state index contributed by atoms with van der Waals surface area (Å²) in [5, 5.41) is 2.88. The lowest BCUT2D eigenvalue weighted by Crippen LogP contribution is -3.14. The normalized spacial score (nSPS) is 19.2. The number of piperidine rings is 1. The molecule has 0 radical (unpaired) electrons. The van der Waals surface area contributed by atoms with Gasteiger partial charge in [-0.15, -0.1) is 0 Å². The standard InChI is InChI=1S/C20H29N3O4/c1-4-23(5-2)19(25)15-6-8-17(9-7-15)21-18(24)14-22-12-10-16(11-13-22)20(26)27-3/h6-9,16H,4-5,10-14H2,1-3H3,(H,21,24)/p+1. The van der Waals surface area contributed by atoms with E-state index in [1.165, 1.54) is 12.0 Å². The molecule has 0 aliphatic carbocycles. The lowest BCUT2D eigenvalue weighted by molar-refractivity contribution is -0.897. The summed E-state index contributed by atoms with van der Waals surface area (Å²) < 4.78 is 4.79. The van der Waals surface area contributed by atoms with Gasteiger partial charge in [0.05, 0.1) is 26.1 Å². The molecule has 2 rings (SSSR count). The molecule has 7 nitrogen and oxygen atoms in total. The first-order valence-corrected chi connectivity index (χ1v) is 9.59. The molecule has 0 unspecified atom stereocenters. The molecular formula is C20H30N3O4+. The first kappa shape index (κ1) is 20.9. The number of ether oxygens (including phenoxy) is 1. The molecule has 1 aliphatic heterocycles. The first-order valence-electron chi connectivity index (χ1n) is 9.59. The van der Waals surface area contributed by atoms with E-state index in [1.54, 1.807) is 29.2 Å². The van der Waals surface area contributed by atoms with Crippen molar-refractivity contribution in [2.75, 3.05) is 45.2 Å². The number of methoxy groups -OCH3 is 1. The van der Waals surface area contributed by atoms with Gasteiger partial charge in [0.25, 0.3) is 11.8 Å². The van der Waals surface area contributed by atoms with Crippen LogP contribution in [-0.2, 0) is 14.3 Å². The highest BCUT2D eigenvalue weighted by Crippen LogP contribution is 2.12. The highest BCUT2D eigenvalue weighted by molar-refractivity contribution is 5.96. The maximum absolute atomic E-state index is 12.3. The van der Waals surface area contributed by atoms with Crippen LogP contribution in [0.3, 0.4) is 0 Å². The predicted molar refractivity (Wildman–Crippen MR) is 103 cm³/mol. The van der Waals surface area contributed by atoms with Crippen molar-refractivity contribution < 1.29 is 24.0 Å². The number of benzene rings is 1. The molecule has 0 bridgehead atoms. The Morgan fingerprint density at radius 3 is 2.22 bits per heavy atom. The Morgan fingerprint density at radius 2 is 1.70 bits per heavy atom. The van der Waals surface area contributed by atoms with Crippen LogP contribution in [0.15, 0.2) is 24.3 Å². The molecule has 0 atom stereocenters. The summed E-state index contributed by atoms with van der Waals surface area (Å²) in [5.74, 6) is -0.268. The lowest BCUT2D eigenvalue weighted by Gasteiger charge is -2.27.